The lowest BCUT2D eigenvalue weighted by molar-refractivity contribution is 1.60. The zero-order chi connectivity index (χ0) is 30.5. The minimum absolute atomic E-state index is 1.23. The van der Waals surface area contributed by atoms with Crippen LogP contribution in [0, 0.1) is 0 Å². The van der Waals surface area contributed by atoms with Gasteiger partial charge in [0.1, 0.15) is 0 Å². The smallest absolute Gasteiger partial charge is 0.00990 e. The van der Waals surface area contributed by atoms with Gasteiger partial charge in [-0.15, -0.1) is 0 Å². The number of hydrogen-bond acceptors (Lipinski definition) is 0. The second-order valence-corrected chi connectivity index (χ2v) is 12.1. The predicted octanol–water partition coefficient (Wildman–Crippen LogP) is 13.0. The summed E-state index contributed by atoms with van der Waals surface area (Å²) in [6, 6.07) is 66.5. The molecular formula is C46H30. The molecule has 0 amide bonds. The molecule has 0 nitrogen and oxygen atoms in total. The van der Waals surface area contributed by atoms with E-state index in [1.54, 1.807) is 0 Å². The normalized spacial score (nSPS) is 11.5. The molecule has 0 saturated heterocycles. The summed E-state index contributed by atoms with van der Waals surface area (Å²) >= 11 is 0. The fourth-order valence-electron chi connectivity index (χ4n) is 7.16. The van der Waals surface area contributed by atoms with Crippen LogP contribution in [-0.2, 0) is 0 Å². The SMILES string of the molecule is c1cc(-c2ccc(-c3ccc(-c4ccc5ccccc5c4)cc3)c3ccccc23)cc(-c2cccc3c2ccc2ccccc23)c1. The molecule has 9 rings (SSSR count). The summed E-state index contributed by atoms with van der Waals surface area (Å²) in [6.45, 7) is 0. The van der Waals surface area contributed by atoms with E-state index in [0.29, 0.717) is 0 Å². The third-order valence-electron chi connectivity index (χ3n) is 9.47. The van der Waals surface area contributed by atoms with E-state index < -0.39 is 0 Å². The Morgan fingerprint density at radius 1 is 0.196 bits per heavy atom. The lowest BCUT2D eigenvalue weighted by Crippen LogP contribution is -1.88. The average molecular weight is 583 g/mol. The van der Waals surface area contributed by atoms with Crippen molar-refractivity contribution in [1.29, 1.82) is 0 Å². The van der Waals surface area contributed by atoms with Crippen LogP contribution in [-0.4, -0.2) is 0 Å². The maximum Gasteiger partial charge on any atom is -0.00990 e. The molecule has 0 radical (unpaired) electrons. The van der Waals surface area contributed by atoms with Crippen LogP contribution in [0.4, 0.5) is 0 Å². The van der Waals surface area contributed by atoms with Crippen LogP contribution in [0.2, 0.25) is 0 Å². The molecule has 0 N–H and O–H groups in total. The molecule has 214 valence electrons. The zero-order valence-corrected chi connectivity index (χ0v) is 25.3. The van der Waals surface area contributed by atoms with E-state index in [4.69, 9.17) is 0 Å². The Balaban J connectivity index is 1.11. The standard InChI is InChI=1S/C46H30/c1-2-11-35-29-36(24-21-31(35)9-1)32-19-22-34(23-20-32)41-27-28-42(44-16-6-5-15-43(41)44)38-13-7-12-37(30-38)40-17-8-18-45-39-14-4-3-10-33(39)25-26-46(40)45/h1-30H. The predicted molar refractivity (Wildman–Crippen MR) is 198 cm³/mol. The van der Waals surface area contributed by atoms with Crippen molar-refractivity contribution in [3.05, 3.63) is 182 Å². The summed E-state index contributed by atoms with van der Waals surface area (Å²) < 4.78 is 0. The first kappa shape index (κ1) is 26.4. The van der Waals surface area contributed by atoms with Crippen LogP contribution in [0.15, 0.2) is 182 Å². The fraction of sp³-hybridized carbons (Fsp3) is 0. The van der Waals surface area contributed by atoms with Crippen molar-refractivity contribution in [1.82, 2.24) is 0 Å². The van der Waals surface area contributed by atoms with Crippen LogP contribution in [0.5, 0.6) is 0 Å². The first-order chi connectivity index (χ1) is 22.8. The summed E-state index contributed by atoms with van der Waals surface area (Å²) in [7, 11) is 0. The molecule has 0 bridgehead atoms. The van der Waals surface area contributed by atoms with E-state index in [-0.39, 0.29) is 0 Å². The number of rotatable bonds is 4. The first-order valence-electron chi connectivity index (χ1n) is 15.9. The van der Waals surface area contributed by atoms with Crippen molar-refractivity contribution in [3.8, 4) is 44.5 Å². The van der Waals surface area contributed by atoms with Gasteiger partial charge in [0.25, 0.3) is 0 Å². The molecule has 0 unspecified atom stereocenters. The fourth-order valence-corrected chi connectivity index (χ4v) is 7.16. The molecule has 9 aromatic carbocycles. The van der Waals surface area contributed by atoms with E-state index in [1.165, 1.54) is 87.6 Å². The van der Waals surface area contributed by atoms with Crippen LogP contribution >= 0.6 is 0 Å². The highest BCUT2D eigenvalue weighted by Gasteiger charge is 2.12. The van der Waals surface area contributed by atoms with Gasteiger partial charge in [-0.25, -0.2) is 0 Å². The van der Waals surface area contributed by atoms with Gasteiger partial charge in [0.2, 0.25) is 0 Å². The van der Waals surface area contributed by atoms with Crippen molar-refractivity contribution >= 4 is 43.1 Å². The third kappa shape index (κ3) is 4.47. The van der Waals surface area contributed by atoms with Gasteiger partial charge in [-0.1, -0.05) is 170 Å². The van der Waals surface area contributed by atoms with Gasteiger partial charge in [-0.05, 0) is 99.7 Å². The Bertz CT molecular complexity index is 2570. The summed E-state index contributed by atoms with van der Waals surface area (Å²) in [4.78, 5) is 0. The second kappa shape index (κ2) is 10.9. The van der Waals surface area contributed by atoms with Gasteiger partial charge in [-0.3, -0.25) is 0 Å². The van der Waals surface area contributed by atoms with Crippen molar-refractivity contribution in [2.75, 3.05) is 0 Å². The third-order valence-corrected chi connectivity index (χ3v) is 9.47. The molecule has 0 aliphatic carbocycles. The highest BCUT2D eigenvalue weighted by molar-refractivity contribution is 6.12. The molecule has 46 heavy (non-hydrogen) atoms. The van der Waals surface area contributed by atoms with Gasteiger partial charge in [0, 0.05) is 0 Å². The maximum atomic E-state index is 2.35. The molecule has 0 heterocycles. The van der Waals surface area contributed by atoms with Gasteiger partial charge in [-0.2, -0.15) is 0 Å². The molecule has 0 spiro atoms. The summed E-state index contributed by atoms with van der Waals surface area (Å²) in [6.07, 6.45) is 0. The molecule has 0 heteroatoms. The number of fused-ring (bicyclic) bond motifs is 5. The van der Waals surface area contributed by atoms with Gasteiger partial charge in [0.15, 0.2) is 0 Å². The summed E-state index contributed by atoms with van der Waals surface area (Å²) in [5.74, 6) is 0. The largest absolute Gasteiger partial charge is 0.0616 e. The van der Waals surface area contributed by atoms with Crippen molar-refractivity contribution in [2.24, 2.45) is 0 Å². The minimum Gasteiger partial charge on any atom is -0.0616 e. The number of benzene rings is 9. The molecule has 0 atom stereocenters. The maximum absolute atomic E-state index is 2.35. The molecular weight excluding hydrogens is 553 g/mol. The minimum atomic E-state index is 1.23. The average Bonchev–Trinajstić information content (AvgIpc) is 3.14. The molecule has 0 aliphatic rings. The van der Waals surface area contributed by atoms with Gasteiger partial charge < -0.3 is 0 Å². The van der Waals surface area contributed by atoms with Gasteiger partial charge >= 0.3 is 0 Å². The van der Waals surface area contributed by atoms with E-state index in [9.17, 15) is 0 Å². The summed E-state index contributed by atoms with van der Waals surface area (Å²) in [5, 5.41) is 10.2. The lowest BCUT2D eigenvalue weighted by atomic mass is 9.89. The van der Waals surface area contributed by atoms with Crippen LogP contribution < -0.4 is 0 Å². The molecule has 0 aliphatic heterocycles. The van der Waals surface area contributed by atoms with E-state index in [1.807, 2.05) is 0 Å². The Kier molecular flexibility index (Phi) is 6.25. The first-order valence-corrected chi connectivity index (χ1v) is 15.9. The monoisotopic (exact) mass is 582 g/mol. The van der Waals surface area contributed by atoms with Gasteiger partial charge in [0.05, 0.1) is 0 Å². The van der Waals surface area contributed by atoms with Crippen molar-refractivity contribution < 1.29 is 0 Å². The Labute approximate surface area is 268 Å². The van der Waals surface area contributed by atoms with Crippen LogP contribution in [0.3, 0.4) is 0 Å². The van der Waals surface area contributed by atoms with Crippen LogP contribution in [0.25, 0.3) is 87.6 Å². The zero-order valence-electron chi connectivity index (χ0n) is 25.3. The van der Waals surface area contributed by atoms with E-state index in [0.717, 1.165) is 0 Å². The van der Waals surface area contributed by atoms with Crippen LogP contribution in [0.1, 0.15) is 0 Å². The Hall–Kier alpha value is -5.98. The number of hydrogen-bond donors (Lipinski definition) is 0. The lowest BCUT2D eigenvalue weighted by Gasteiger charge is -2.14. The molecule has 0 aromatic heterocycles. The Morgan fingerprint density at radius 3 is 1.46 bits per heavy atom. The highest BCUT2D eigenvalue weighted by Crippen LogP contribution is 2.39. The molecule has 9 aromatic rings. The van der Waals surface area contributed by atoms with Crippen molar-refractivity contribution in [2.45, 2.75) is 0 Å². The summed E-state index contributed by atoms with van der Waals surface area (Å²) in [5.41, 5.74) is 9.92. The van der Waals surface area contributed by atoms with Crippen molar-refractivity contribution in [3.63, 3.8) is 0 Å². The molecule has 0 saturated carbocycles. The second-order valence-electron chi connectivity index (χ2n) is 12.1. The Morgan fingerprint density at radius 2 is 0.696 bits per heavy atom. The quantitative estimate of drug-likeness (QED) is 0.181. The van der Waals surface area contributed by atoms with E-state index in [2.05, 4.69) is 182 Å². The van der Waals surface area contributed by atoms with E-state index >= 15 is 0 Å². The highest BCUT2D eigenvalue weighted by atomic mass is 14.2. The molecule has 0 fully saturated rings. The topological polar surface area (TPSA) is 0 Å².